The molecule has 1 unspecified atom stereocenters. The first-order valence-corrected chi connectivity index (χ1v) is 9.84. The van der Waals surface area contributed by atoms with Gasteiger partial charge in [-0.15, -0.1) is 12.4 Å². The number of benzene rings is 1. The Labute approximate surface area is 165 Å². The number of nitrogens with zero attached hydrogens (tertiary/aromatic N) is 1. The standard InChI is InChI=1S/C17H24N2O6S.ClH/c1-4-9-19(13-7-8-18-11-13)26(22,23)15-10-12(16(20)24-2)5-6-14(15)17(21)25-3;/h5-6,10,13,18H,4,7-9,11H2,1-3H3;1H. The molecule has 0 aromatic heterocycles. The molecule has 0 saturated carbocycles. The Morgan fingerprint density at radius 3 is 2.41 bits per heavy atom. The molecule has 0 bridgehead atoms. The Balaban J connectivity index is 0.00000364. The van der Waals surface area contributed by atoms with Gasteiger partial charge in [0.2, 0.25) is 10.0 Å². The summed E-state index contributed by atoms with van der Waals surface area (Å²) in [7, 11) is -1.63. The summed E-state index contributed by atoms with van der Waals surface area (Å²) in [4.78, 5) is 23.7. The van der Waals surface area contributed by atoms with E-state index in [4.69, 9.17) is 4.74 Å². The number of carbonyl (C=O) groups excluding carboxylic acids is 2. The maximum Gasteiger partial charge on any atom is 0.339 e. The third kappa shape index (κ3) is 4.98. The second-order valence-corrected chi connectivity index (χ2v) is 7.82. The smallest absolute Gasteiger partial charge is 0.339 e. The van der Waals surface area contributed by atoms with E-state index in [0.717, 1.165) is 6.54 Å². The summed E-state index contributed by atoms with van der Waals surface area (Å²) >= 11 is 0. The van der Waals surface area contributed by atoms with Crippen LogP contribution in [0.5, 0.6) is 0 Å². The first-order chi connectivity index (χ1) is 12.4. The van der Waals surface area contributed by atoms with Crippen molar-refractivity contribution in [2.24, 2.45) is 0 Å². The molecule has 1 N–H and O–H groups in total. The van der Waals surface area contributed by atoms with E-state index in [-0.39, 0.29) is 34.5 Å². The van der Waals surface area contributed by atoms with Gasteiger partial charge < -0.3 is 14.8 Å². The van der Waals surface area contributed by atoms with Crippen LogP contribution in [0, 0.1) is 0 Å². The molecule has 1 aliphatic rings. The lowest BCUT2D eigenvalue weighted by molar-refractivity contribution is 0.0583. The van der Waals surface area contributed by atoms with E-state index in [1.807, 2.05) is 6.92 Å². The van der Waals surface area contributed by atoms with Crippen LogP contribution in [0.15, 0.2) is 23.1 Å². The van der Waals surface area contributed by atoms with Crippen molar-refractivity contribution >= 4 is 34.4 Å². The summed E-state index contributed by atoms with van der Waals surface area (Å²) in [5.41, 5.74) is -0.0491. The highest BCUT2D eigenvalue weighted by Crippen LogP contribution is 2.26. The van der Waals surface area contributed by atoms with Crippen LogP contribution in [0.2, 0.25) is 0 Å². The van der Waals surface area contributed by atoms with Crippen LogP contribution in [-0.4, -0.2) is 64.6 Å². The summed E-state index contributed by atoms with van der Waals surface area (Å²) in [6.07, 6.45) is 1.31. The van der Waals surface area contributed by atoms with Gasteiger partial charge in [0.05, 0.1) is 30.2 Å². The van der Waals surface area contributed by atoms with E-state index < -0.39 is 22.0 Å². The number of ether oxygens (including phenoxy) is 2. The molecule has 0 spiro atoms. The Hall–Kier alpha value is -1.68. The molecule has 10 heteroatoms. The second-order valence-electron chi connectivity index (χ2n) is 5.96. The van der Waals surface area contributed by atoms with Gasteiger partial charge in [-0.25, -0.2) is 18.0 Å². The molecule has 1 aromatic rings. The number of hydrogen-bond donors (Lipinski definition) is 1. The SMILES string of the molecule is CCCN(C1CCNC1)S(=O)(=O)c1cc(C(=O)OC)ccc1C(=O)OC.Cl. The van der Waals surface area contributed by atoms with Crippen LogP contribution in [0.1, 0.15) is 40.5 Å². The molecule has 1 fully saturated rings. The number of halogens is 1. The first-order valence-electron chi connectivity index (χ1n) is 8.40. The molecule has 1 aliphatic heterocycles. The zero-order chi connectivity index (χ0) is 19.3. The molecule has 27 heavy (non-hydrogen) atoms. The minimum absolute atomic E-state index is 0. The van der Waals surface area contributed by atoms with Gasteiger partial charge in [0.15, 0.2) is 0 Å². The van der Waals surface area contributed by atoms with Crippen molar-refractivity contribution in [3.05, 3.63) is 29.3 Å². The zero-order valence-corrected chi connectivity index (χ0v) is 17.2. The molecule has 0 aliphatic carbocycles. The van der Waals surface area contributed by atoms with Crippen molar-refractivity contribution in [2.45, 2.75) is 30.7 Å². The van der Waals surface area contributed by atoms with Gasteiger partial charge in [0.1, 0.15) is 0 Å². The molecule has 0 radical (unpaired) electrons. The fraction of sp³-hybridized carbons (Fsp3) is 0.529. The van der Waals surface area contributed by atoms with Crippen molar-refractivity contribution < 1.29 is 27.5 Å². The van der Waals surface area contributed by atoms with Crippen LogP contribution in [-0.2, 0) is 19.5 Å². The van der Waals surface area contributed by atoms with Crippen molar-refractivity contribution in [2.75, 3.05) is 33.9 Å². The predicted molar refractivity (Wildman–Crippen MR) is 102 cm³/mol. The van der Waals surface area contributed by atoms with Gasteiger partial charge in [-0.05, 0) is 37.6 Å². The lowest BCUT2D eigenvalue weighted by Crippen LogP contribution is -2.42. The van der Waals surface area contributed by atoms with E-state index in [1.54, 1.807) is 0 Å². The lowest BCUT2D eigenvalue weighted by atomic mass is 10.1. The van der Waals surface area contributed by atoms with E-state index in [9.17, 15) is 18.0 Å². The van der Waals surface area contributed by atoms with Gasteiger partial charge in [-0.1, -0.05) is 6.92 Å². The Bertz CT molecular complexity index is 778. The molecular formula is C17H25ClN2O6S. The summed E-state index contributed by atoms with van der Waals surface area (Å²) < 4.78 is 37.5. The third-order valence-electron chi connectivity index (χ3n) is 4.28. The molecule has 1 saturated heterocycles. The highest BCUT2D eigenvalue weighted by molar-refractivity contribution is 7.89. The maximum atomic E-state index is 13.4. The van der Waals surface area contributed by atoms with Gasteiger partial charge in [0, 0.05) is 19.1 Å². The van der Waals surface area contributed by atoms with Crippen molar-refractivity contribution in [1.29, 1.82) is 0 Å². The van der Waals surface area contributed by atoms with E-state index in [1.165, 1.54) is 36.7 Å². The quantitative estimate of drug-likeness (QED) is 0.666. The number of carbonyl (C=O) groups is 2. The summed E-state index contributed by atoms with van der Waals surface area (Å²) in [5.74, 6) is -1.46. The van der Waals surface area contributed by atoms with Gasteiger partial charge in [-0.2, -0.15) is 4.31 Å². The van der Waals surface area contributed by atoms with Crippen molar-refractivity contribution in [1.82, 2.24) is 9.62 Å². The lowest BCUT2D eigenvalue weighted by Gasteiger charge is -2.28. The van der Waals surface area contributed by atoms with E-state index in [0.29, 0.717) is 25.9 Å². The average Bonchev–Trinajstić information content (AvgIpc) is 3.18. The van der Waals surface area contributed by atoms with E-state index >= 15 is 0 Å². The molecule has 2 rings (SSSR count). The maximum absolute atomic E-state index is 13.4. The molecule has 152 valence electrons. The summed E-state index contributed by atoms with van der Waals surface area (Å²) in [6.45, 7) is 3.48. The number of sulfonamides is 1. The van der Waals surface area contributed by atoms with Crippen LogP contribution >= 0.6 is 12.4 Å². The number of methoxy groups -OCH3 is 2. The number of rotatable bonds is 7. The van der Waals surface area contributed by atoms with Crippen LogP contribution in [0.3, 0.4) is 0 Å². The molecule has 0 amide bonds. The number of hydrogen-bond acceptors (Lipinski definition) is 7. The fourth-order valence-electron chi connectivity index (χ4n) is 2.99. The van der Waals surface area contributed by atoms with Crippen LogP contribution in [0.25, 0.3) is 0 Å². The minimum Gasteiger partial charge on any atom is -0.465 e. The summed E-state index contributed by atoms with van der Waals surface area (Å²) in [6, 6.07) is 3.60. The normalized spacial score (nSPS) is 16.7. The van der Waals surface area contributed by atoms with Gasteiger partial charge in [-0.3, -0.25) is 0 Å². The Morgan fingerprint density at radius 2 is 1.89 bits per heavy atom. The van der Waals surface area contributed by atoms with Crippen molar-refractivity contribution in [3.8, 4) is 0 Å². The topological polar surface area (TPSA) is 102 Å². The fourth-order valence-corrected chi connectivity index (χ4v) is 4.94. The molecule has 8 nitrogen and oxygen atoms in total. The van der Waals surface area contributed by atoms with Crippen LogP contribution < -0.4 is 5.32 Å². The Kier molecular flexibility index (Phi) is 8.67. The molecule has 1 atom stereocenters. The largest absolute Gasteiger partial charge is 0.465 e. The third-order valence-corrected chi connectivity index (χ3v) is 6.27. The predicted octanol–water partition coefficient (Wildman–Crippen LogP) is 1.44. The zero-order valence-electron chi connectivity index (χ0n) is 15.6. The van der Waals surface area contributed by atoms with E-state index in [2.05, 4.69) is 10.1 Å². The average molecular weight is 421 g/mol. The van der Waals surface area contributed by atoms with Crippen molar-refractivity contribution in [3.63, 3.8) is 0 Å². The number of nitrogens with one attached hydrogen (secondary N) is 1. The summed E-state index contributed by atoms with van der Waals surface area (Å²) in [5, 5.41) is 3.15. The molecular weight excluding hydrogens is 396 g/mol. The number of esters is 2. The second kappa shape index (κ2) is 10.0. The molecule has 1 aromatic carbocycles. The Morgan fingerprint density at radius 1 is 1.22 bits per heavy atom. The first kappa shape index (κ1) is 23.4. The van der Waals surface area contributed by atoms with Crippen LogP contribution in [0.4, 0.5) is 0 Å². The highest BCUT2D eigenvalue weighted by atomic mass is 35.5. The van der Waals surface area contributed by atoms with Gasteiger partial charge >= 0.3 is 11.9 Å². The molecule has 1 heterocycles. The monoisotopic (exact) mass is 420 g/mol. The van der Waals surface area contributed by atoms with Gasteiger partial charge in [0.25, 0.3) is 0 Å². The highest BCUT2D eigenvalue weighted by Gasteiger charge is 2.35. The minimum atomic E-state index is -4.01.